The van der Waals surface area contributed by atoms with Crippen LogP contribution in [0.2, 0.25) is 0 Å². The molecule has 1 fully saturated rings. The number of anilines is 1. The number of amides is 1. The minimum absolute atomic E-state index is 0.137. The number of benzene rings is 2. The van der Waals surface area contributed by atoms with Crippen LogP contribution in [0.25, 0.3) is 10.9 Å². The lowest BCUT2D eigenvalue weighted by molar-refractivity contribution is -0.114. The van der Waals surface area contributed by atoms with Gasteiger partial charge in [-0.3, -0.25) is 9.78 Å². The molecular formula is C26H28N4O5S2. The van der Waals surface area contributed by atoms with E-state index in [1.807, 2.05) is 24.3 Å². The number of pyridine rings is 1. The van der Waals surface area contributed by atoms with Crippen LogP contribution in [0.5, 0.6) is 5.75 Å². The second-order valence-electron chi connectivity index (χ2n) is 9.22. The van der Waals surface area contributed by atoms with Crippen molar-refractivity contribution in [3.63, 3.8) is 0 Å². The van der Waals surface area contributed by atoms with Crippen LogP contribution in [-0.2, 0) is 19.6 Å². The average molecular weight is 541 g/mol. The zero-order valence-electron chi connectivity index (χ0n) is 20.3. The van der Waals surface area contributed by atoms with Gasteiger partial charge >= 0.3 is 0 Å². The number of aldehydes is 1. The molecule has 11 heteroatoms. The third-order valence-electron chi connectivity index (χ3n) is 6.79. The number of hydrogen-bond donors (Lipinski definition) is 2. The first-order valence-corrected chi connectivity index (χ1v) is 14.5. The number of sulfonamides is 1. The molecule has 1 saturated heterocycles. The fourth-order valence-corrected chi connectivity index (χ4v) is 6.95. The first kappa shape index (κ1) is 25.7. The Balaban J connectivity index is 1.22. The fraction of sp³-hybridized carbons (Fsp3) is 0.346. The summed E-state index contributed by atoms with van der Waals surface area (Å²) in [4.78, 5) is 31.4. The molecule has 3 heterocycles. The van der Waals surface area contributed by atoms with Gasteiger partial charge in [-0.15, -0.1) is 11.8 Å². The largest absolute Gasteiger partial charge is 0.495 e. The molecule has 3 aromatic rings. The number of hydrogen-bond acceptors (Lipinski definition) is 8. The molecule has 0 saturated carbocycles. The van der Waals surface area contributed by atoms with Crippen LogP contribution in [0.15, 0.2) is 58.5 Å². The molecule has 1 atom stereocenters. The quantitative estimate of drug-likeness (QED) is 0.419. The highest BCUT2D eigenvalue weighted by molar-refractivity contribution is 8.00. The van der Waals surface area contributed by atoms with Crippen molar-refractivity contribution in [3.8, 4) is 5.75 Å². The Hall–Kier alpha value is -2.99. The monoisotopic (exact) mass is 540 g/mol. The number of fused-ring (bicyclic) bond motifs is 2. The van der Waals surface area contributed by atoms with E-state index >= 15 is 0 Å². The van der Waals surface area contributed by atoms with Crippen LogP contribution in [0.1, 0.15) is 24.3 Å². The lowest BCUT2D eigenvalue weighted by atomic mass is 9.94. The summed E-state index contributed by atoms with van der Waals surface area (Å²) >= 11 is 1.39. The van der Waals surface area contributed by atoms with Crippen molar-refractivity contribution in [2.45, 2.75) is 34.6 Å². The number of rotatable bonds is 8. The van der Waals surface area contributed by atoms with E-state index in [2.05, 4.69) is 19.9 Å². The lowest BCUT2D eigenvalue weighted by Gasteiger charge is -2.33. The van der Waals surface area contributed by atoms with E-state index in [4.69, 9.17) is 4.74 Å². The van der Waals surface area contributed by atoms with Gasteiger partial charge in [0.2, 0.25) is 15.9 Å². The van der Waals surface area contributed by atoms with Gasteiger partial charge in [0, 0.05) is 22.9 Å². The molecule has 1 aromatic heterocycles. The lowest BCUT2D eigenvalue weighted by Crippen LogP contribution is -2.45. The SMILES string of the molecule is COc1cnc2cccc(C(C=O)CN3CCC(NS(=O)(=O)c4ccc5c(c4)NC(=O)CS5)CC3)c2c1. The zero-order valence-corrected chi connectivity index (χ0v) is 22.0. The van der Waals surface area contributed by atoms with Gasteiger partial charge < -0.3 is 19.7 Å². The maximum Gasteiger partial charge on any atom is 0.240 e. The van der Waals surface area contributed by atoms with Crippen molar-refractivity contribution in [3.05, 3.63) is 54.2 Å². The van der Waals surface area contributed by atoms with Gasteiger partial charge in [-0.05, 0) is 61.8 Å². The van der Waals surface area contributed by atoms with Gasteiger partial charge in [-0.25, -0.2) is 13.1 Å². The minimum Gasteiger partial charge on any atom is -0.495 e. The molecule has 1 amide bonds. The van der Waals surface area contributed by atoms with Crippen molar-refractivity contribution in [1.29, 1.82) is 0 Å². The molecule has 2 aliphatic heterocycles. The Morgan fingerprint density at radius 3 is 2.81 bits per heavy atom. The number of carbonyl (C=O) groups excluding carboxylic acids is 2. The summed E-state index contributed by atoms with van der Waals surface area (Å²) in [7, 11) is -2.15. The second-order valence-corrected chi connectivity index (χ2v) is 12.0. The number of aromatic nitrogens is 1. The number of thioether (sulfide) groups is 1. The van der Waals surface area contributed by atoms with Crippen LogP contribution in [0.3, 0.4) is 0 Å². The number of likely N-dealkylation sites (tertiary alicyclic amines) is 1. The van der Waals surface area contributed by atoms with Gasteiger partial charge in [-0.2, -0.15) is 0 Å². The molecule has 2 aromatic carbocycles. The Morgan fingerprint density at radius 2 is 2.05 bits per heavy atom. The molecule has 9 nitrogen and oxygen atoms in total. The predicted octanol–water partition coefficient (Wildman–Crippen LogP) is 3.01. The molecule has 2 aliphatic rings. The minimum atomic E-state index is -3.73. The first-order chi connectivity index (χ1) is 17.9. The van der Waals surface area contributed by atoms with Gasteiger partial charge in [0.15, 0.2) is 0 Å². The number of carbonyl (C=O) groups is 2. The van der Waals surface area contributed by atoms with E-state index in [-0.39, 0.29) is 22.8 Å². The molecule has 0 aliphatic carbocycles. The summed E-state index contributed by atoms with van der Waals surface area (Å²) in [5, 5.41) is 3.63. The number of ether oxygens (including phenoxy) is 1. The van der Waals surface area contributed by atoms with Gasteiger partial charge in [0.25, 0.3) is 0 Å². The van der Waals surface area contributed by atoms with E-state index in [1.165, 1.54) is 17.8 Å². The third-order valence-corrected chi connectivity index (χ3v) is 9.38. The van der Waals surface area contributed by atoms with E-state index in [9.17, 15) is 18.0 Å². The highest BCUT2D eigenvalue weighted by Gasteiger charge is 2.28. The first-order valence-electron chi connectivity index (χ1n) is 12.1. The van der Waals surface area contributed by atoms with Gasteiger partial charge in [-0.1, -0.05) is 12.1 Å². The summed E-state index contributed by atoms with van der Waals surface area (Å²) in [5.74, 6) is 0.485. The summed E-state index contributed by atoms with van der Waals surface area (Å²) in [5.41, 5.74) is 2.23. The van der Waals surface area contributed by atoms with Crippen molar-refractivity contribution < 1.29 is 22.7 Å². The smallest absolute Gasteiger partial charge is 0.240 e. The highest BCUT2D eigenvalue weighted by Crippen LogP contribution is 2.33. The van der Waals surface area contributed by atoms with Crippen LogP contribution in [0.4, 0.5) is 5.69 Å². The maximum atomic E-state index is 13.0. The Kier molecular flexibility index (Phi) is 7.47. The Bertz CT molecular complexity index is 1440. The molecule has 2 N–H and O–H groups in total. The summed E-state index contributed by atoms with van der Waals surface area (Å²) in [6, 6.07) is 12.3. The molecule has 0 bridgehead atoms. The normalized spacial score (nSPS) is 17.7. The predicted molar refractivity (Wildman–Crippen MR) is 143 cm³/mol. The number of nitrogens with one attached hydrogen (secondary N) is 2. The Morgan fingerprint density at radius 1 is 1.24 bits per heavy atom. The van der Waals surface area contributed by atoms with E-state index < -0.39 is 10.0 Å². The molecular weight excluding hydrogens is 512 g/mol. The standard InChI is InChI=1S/C26H28N4O5S2/c1-35-19-11-22-21(3-2-4-23(22)27-13-19)17(15-31)14-30-9-7-18(8-10-30)29-37(33,34)20-5-6-25-24(12-20)28-26(32)16-36-25/h2-6,11-13,15,17-18,29H,7-10,14,16H2,1H3,(H,28,32). The summed E-state index contributed by atoms with van der Waals surface area (Å²) in [6.45, 7) is 1.88. The molecule has 1 unspecified atom stereocenters. The van der Waals surface area contributed by atoms with Crippen molar-refractivity contribution in [1.82, 2.24) is 14.6 Å². The molecule has 0 spiro atoms. The number of methoxy groups -OCH3 is 1. The van der Waals surface area contributed by atoms with Crippen LogP contribution >= 0.6 is 11.8 Å². The van der Waals surface area contributed by atoms with Crippen molar-refractivity contribution in [2.24, 2.45) is 0 Å². The van der Waals surface area contributed by atoms with Gasteiger partial charge in [0.05, 0.1) is 41.1 Å². The van der Waals surface area contributed by atoms with Crippen LogP contribution < -0.4 is 14.8 Å². The summed E-state index contributed by atoms with van der Waals surface area (Å²) < 4.78 is 34.2. The van der Waals surface area contributed by atoms with E-state index in [0.29, 0.717) is 49.7 Å². The molecule has 0 radical (unpaired) electrons. The summed E-state index contributed by atoms with van der Waals surface area (Å²) in [6.07, 6.45) is 3.89. The Labute approximate surface area is 220 Å². The topological polar surface area (TPSA) is 118 Å². The van der Waals surface area contributed by atoms with E-state index in [1.54, 1.807) is 25.4 Å². The molecule has 37 heavy (non-hydrogen) atoms. The molecule has 5 rings (SSSR count). The number of nitrogens with zero attached hydrogens (tertiary/aromatic N) is 2. The highest BCUT2D eigenvalue weighted by atomic mass is 32.2. The number of piperidine rings is 1. The zero-order chi connectivity index (χ0) is 26.0. The fourth-order valence-electron chi connectivity index (χ4n) is 4.83. The molecule has 194 valence electrons. The van der Waals surface area contributed by atoms with Crippen molar-refractivity contribution in [2.75, 3.05) is 37.8 Å². The van der Waals surface area contributed by atoms with Crippen molar-refractivity contribution >= 4 is 50.6 Å². The van der Waals surface area contributed by atoms with E-state index in [0.717, 1.165) is 27.6 Å². The average Bonchev–Trinajstić information content (AvgIpc) is 2.91. The maximum absolute atomic E-state index is 13.0. The second kappa shape index (κ2) is 10.8. The third kappa shape index (κ3) is 5.64. The van der Waals surface area contributed by atoms with Gasteiger partial charge in [0.1, 0.15) is 12.0 Å². The van der Waals surface area contributed by atoms with Crippen LogP contribution in [-0.4, -0.2) is 69.0 Å². The van der Waals surface area contributed by atoms with Crippen LogP contribution in [0, 0.1) is 0 Å².